The van der Waals surface area contributed by atoms with Gasteiger partial charge in [-0.05, 0) is 23.3 Å². The molecule has 0 aliphatic carbocycles. The minimum absolute atomic E-state index is 0.274. The van der Waals surface area contributed by atoms with E-state index < -0.39 is 17.6 Å². The molecule has 0 N–H and O–H groups in total. The van der Waals surface area contributed by atoms with Gasteiger partial charge in [0.25, 0.3) is 5.91 Å². The smallest absolute Gasteiger partial charge is 0.290 e. The van der Waals surface area contributed by atoms with E-state index in [2.05, 4.69) is 9.97 Å². The highest BCUT2D eigenvalue weighted by Crippen LogP contribution is 2.21. The Bertz CT molecular complexity index is 713. The van der Waals surface area contributed by atoms with Crippen molar-refractivity contribution in [1.29, 1.82) is 0 Å². The average molecular weight is 299 g/mol. The number of rotatable bonds is 3. The number of likely N-dealkylation sites (tertiary alicyclic amines) is 1. The van der Waals surface area contributed by atoms with E-state index >= 15 is 0 Å². The van der Waals surface area contributed by atoms with Crippen LogP contribution in [-0.2, 0) is 16.0 Å². The number of halogens is 1. The van der Waals surface area contributed by atoms with Crippen molar-refractivity contribution >= 4 is 11.7 Å². The predicted molar refractivity (Wildman–Crippen MR) is 76.6 cm³/mol. The third kappa shape index (κ3) is 2.72. The molecule has 1 fully saturated rings. The molecule has 2 heterocycles. The summed E-state index contributed by atoms with van der Waals surface area (Å²) in [6, 6.07) is 6.22. The normalized spacial score (nSPS) is 18.1. The minimum Gasteiger partial charge on any atom is -0.338 e. The quantitative estimate of drug-likeness (QED) is 0.802. The lowest BCUT2D eigenvalue weighted by Crippen LogP contribution is -2.22. The van der Waals surface area contributed by atoms with Gasteiger partial charge in [-0.25, -0.2) is 14.4 Å². The maximum Gasteiger partial charge on any atom is 0.290 e. The molecule has 1 aromatic heterocycles. The van der Waals surface area contributed by atoms with E-state index in [-0.39, 0.29) is 5.82 Å². The zero-order chi connectivity index (χ0) is 15.7. The van der Waals surface area contributed by atoms with Gasteiger partial charge in [0, 0.05) is 32.4 Å². The highest BCUT2D eigenvalue weighted by Gasteiger charge is 2.39. The Kier molecular flexibility index (Phi) is 3.66. The number of amides is 1. The van der Waals surface area contributed by atoms with E-state index in [9.17, 15) is 14.0 Å². The Morgan fingerprint density at radius 3 is 2.32 bits per heavy atom. The number of Topliss-reactive ketones (excluding diaryl/α,β-unsaturated/α-hetero) is 1. The van der Waals surface area contributed by atoms with Crippen LogP contribution in [-0.4, -0.2) is 40.2 Å². The van der Waals surface area contributed by atoms with Gasteiger partial charge in [0.2, 0.25) is 5.78 Å². The van der Waals surface area contributed by atoms with Crippen LogP contribution < -0.4 is 0 Å². The third-order valence-electron chi connectivity index (χ3n) is 3.69. The molecule has 3 rings (SSSR count). The lowest BCUT2D eigenvalue weighted by molar-refractivity contribution is -0.139. The van der Waals surface area contributed by atoms with Crippen LogP contribution in [0.4, 0.5) is 4.39 Å². The summed E-state index contributed by atoms with van der Waals surface area (Å²) in [5, 5.41) is 0. The monoisotopic (exact) mass is 299 g/mol. The molecule has 2 aromatic rings. The highest BCUT2D eigenvalue weighted by molar-refractivity contribution is 6.40. The molecule has 1 aliphatic rings. The molecule has 1 unspecified atom stereocenters. The molecular formula is C16H14FN3O2. The van der Waals surface area contributed by atoms with Crippen molar-refractivity contribution in [2.24, 2.45) is 0 Å². The number of carbonyl (C=O) groups is 2. The van der Waals surface area contributed by atoms with Crippen molar-refractivity contribution in [3.8, 4) is 0 Å². The van der Waals surface area contributed by atoms with E-state index in [0.717, 1.165) is 11.1 Å². The first-order valence-electron chi connectivity index (χ1n) is 6.89. The SMILES string of the molecule is CN1CC(c2ncc(Cc3ccc(F)cc3)cn2)C(=O)C1=O. The van der Waals surface area contributed by atoms with Gasteiger partial charge in [-0.3, -0.25) is 9.59 Å². The van der Waals surface area contributed by atoms with Crippen LogP contribution in [0.5, 0.6) is 0 Å². The summed E-state index contributed by atoms with van der Waals surface area (Å²) in [5.41, 5.74) is 1.81. The molecular weight excluding hydrogens is 285 g/mol. The Labute approximate surface area is 126 Å². The molecule has 0 bridgehead atoms. The topological polar surface area (TPSA) is 63.2 Å². The van der Waals surface area contributed by atoms with Crippen molar-refractivity contribution in [3.63, 3.8) is 0 Å². The average Bonchev–Trinajstić information content (AvgIpc) is 2.78. The van der Waals surface area contributed by atoms with E-state index in [1.54, 1.807) is 31.6 Å². The number of carbonyl (C=O) groups excluding carboxylic acids is 2. The highest BCUT2D eigenvalue weighted by atomic mass is 19.1. The van der Waals surface area contributed by atoms with Gasteiger partial charge >= 0.3 is 0 Å². The summed E-state index contributed by atoms with van der Waals surface area (Å²) >= 11 is 0. The zero-order valence-electron chi connectivity index (χ0n) is 12.0. The zero-order valence-corrected chi connectivity index (χ0v) is 12.0. The molecule has 112 valence electrons. The first kappa shape index (κ1) is 14.3. The Balaban J connectivity index is 1.74. The summed E-state index contributed by atoms with van der Waals surface area (Å²) in [6.07, 6.45) is 3.86. The van der Waals surface area contributed by atoms with Crippen LogP contribution in [0.1, 0.15) is 22.9 Å². The Morgan fingerprint density at radius 1 is 1.14 bits per heavy atom. The van der Waals surface area contributed by atoms with Crippen LogP contribution in [0, 0.1) is 5.82 Å². The molecule has 0 radical (unpaired) electrons. The van der Waals surface area contributed by atoms with Crippen LogP contribution >= 0.6 is 0 Å². The van der Waals surface area contributed by atoms with E-state index in [1.807, 2.05) is 0 Å². The largest absolute Gasteiger partial charge is 0.338 e. The van der Waals surface area contributed by atoms with Crippen molar-refractivity contribution in [2.45, 2.75) is 12.3 Å². The van der Waals surface area contributed by atoms with Gasteiger partial charge in [-0.1, -0.05) is 12.1 Å². The number of ketones is 1. The molecule has 1 amide bonds. The standard InChI is InChI=1S/C16H14FN3O2/c1-20-9-13(14(21)16(20)22)15-18-7-11(8-19-15)6-10-2-4-12(17)5-3-10/h2-5,7-8,13H,6,9H2,1H3. The molecule has 22 heavy (non-hydrogen) atoms. The third-order valence-corrected chi connectivity index (χ3v) is 3.69. The van der Waals surface area contributed by atoms with E-state index in [0.29, 0.717) is 18.8 Å². The summed E-state index contributed by atoms with van der Waals surface area (Å²) < 4.78 is 12.9. The number of benzene rings is 1. The van der Waals surface area contributed by atoms with E-state index in [4.69, 9.17) is 0 Å². The van der Waals surface area contributed by atoms with E-state index in [1.165, 1.54) is 17.0 Å². The second kappa shape index (κ2) is 5.63. The molecule has 1 saturated heterocycles. The number of nitrogens with zero attached hydrogens (tertiary/aromatic N) is 3. The Morgan fingerprint density at radius 2 is 1.77 bits per heavy atom. The van der Waals surface area contributed by atoms with Crippen molar-refractivity contribution in [1.82, 2.24) is 14.9 Å². The Hall–Kier alpha value is -2.63. The summed E-state index contributed by atoms with van der Waals surface area (Å²) in [4.78, 5) is 33.1. The first-order chi connectivity index (χ1) is 10.5. The molecule has 0 saturated carbocycles. The van der Waals surface area contributed by atoms with Gasteiger partial charge in [0.1, 0.15) is 17.6 Å². The van der Waals surface area contributed by atoms with Gasteiger partial charge in [0.15, 0.2) is 0 Å². The van der Waals surface area contributed by atoms with Crippen LogP contribution in [0.2, 0.25) is 0 Å². The first-order valence-corrected chi connectivity index (χ1v) is 6.89. The maximum atomic E-state index is 12.9. The fourth-order valence-electron chi connectivity index (χ4n) is 2.45. The predicted octanol–water partition coefficient (Wildman–Crippen LogP) is 1.33. The maximum absolute atomic E-state index is 12.9. The lowest BCUT2D eigenvalue weighted by atomic mass is 10.1. The minimum atomic E-state index is -0.586. The van der Waals surface area contributed by atoms with Crippen LogP contribution in [0.3, 0.4) is 0 Å². The molecule has 6 heteroatoms. The fraction of sp³-hybridized carbons (Fsp3) is 0.250. The van der Waals surface area contributed by atoms with Gasteiger partial charge < -0.3 is 4.90 Å². The van der Waals surface area contributed by atoms with Gasteiger partial charge in [0.05, 0.1) is 0 Å². The lowest BCUT2D eigenvalue weighted by Gasteiger charge is -2.08. The fourth-order valence-corrected chi connectivity index (χ4v) is 2.45. The van der Waals surface area contributed by atoms with Gasteiger partial charge in [-0.15, -0.1) is 0 Å². The number of hydrogen-bond donors (Lipinski definition) is 0. The summed E-state index contributed by atoms with van der Waals surface area (Å²) in [6.45, 7) is 0.314. The second-order valence-corrected chi connectivity index (χ2v) is 5.36. The van der Waals surface area contributed by atoms with Crippen LogP contribution in [0.15, 0.2) is 36.7 Å². The number of aromatic nitrogens is 2. The summed E-state index contributed by atoms with van der Waals surface area (Å²) in [7, 11) is 1.59. The number of hydrogen-bond acceptors (Lipinski definition) is 4. The van der Waals surface area contributed by atoms with Crippen molar-refractivity contribution < 1.29 is 14.0 Å². The molecule has 1 atom stereocenters. The van der Waals surface area contributed by atoms with Crippen LogP contribution in [0.25, 0.3) is 0 Å². The van der Waals surface area contributed by atoms with Gasteiger partial charge in [-0.2, -0.15) is 0 Å². The van der Waals surface area contributed by atoms with Crippen molar-refractivity contribution in [2.75, 3.05) is 13.6 Å². The molecule has 0 spiro atoms. The molecule has 5 nitrogen and oxygen atoms in total. The number of likely N-dealkylation sites (N-methyl/N-ethyl adjacent to an activating group) is 1. The second-order valence-electron chi connectivity index (χ2n) is 5.36. The molecule has 1 aromatic carbocycles. The van der Waals surface area contributed by atoms with Crippen molar-refractivity contribution in [3.05, 3.63) is 59.4 Å². The summed E-state index contributed by atoms with van der Waals surface area (Å²) in [5.74, 6) is -1.45. The molecule has 1 aliphatic heterocycles.